The SMILES string of the molecule is CC(=O)c1ccc(NC(=O)N2CCN(c3nc(Nc4ccc(C5CNCCO5)cc4)ncc3C(F)(F)F)CC2)cc1. The number of nitrogens with one attached hydrogen (secondary N) is 3. The van der Waals surface area contributed by atoms with Crippen LogP contribution in [0.4, 0.5) is 41.1 Å². The third-order valence-corrected chi connectivity index (χ3v) is 6.95. The first-order valence-electron chi connectivity index (χ1n) is 13.2. The van der Waals surface area contributed by atoms with Crippen LogP contribution in [0.1, 0.15) is 34.5 Å². The van der Waals surface area contributed by atoms with E-state index >= 15 is 0 Å². The molecule has 2 amide bonds. The van der Waals surface area contributed by atoms with E-state index in [1.165, 1.54) is 16.7 Å². The molecule has 0 spiro atoms. The number of benzene rings is 2. The van der Waals surface area contributed by atoms with Crippen LogP contribution in [-0.2, 0) is 10.9 Å². The van der Waals surface area contributed by atoms with Crippen LogP contribution in [0.2, 0.25) is 0 Å². The maximum atomic E-state index is 13.9. The summed E-state index contributed by atoms with van der Waals surface area (Å²) >= 11 is 0. The van der Waals surface area contributed by atoms with Crippen LogP contribution < -0.4 is 20.9 Å². The van der Waals surface area contributed by atoms with Gasteiger partial charge < -0.3 is 30.5 Å². The maximum Gasteiger partial charge on any atom is 0.421 e. The molecule has 3 N–H and O–H groups in total. The van der Waals surface area contributed by atoms with E-state index in [4.69, 9.17) is 4.74 Å². The number of carbonyl (C=O) groups is 2. The molecule has 0 saturated carbocycles. The van der Waals surface area contributed by atoms with Gasteiger partial charge in [-0.15, -0.1) is 0 Å². The van der Waals surface area contributed by atoms with Crippen LogP contribution in [0, 0.1) is 0 Å². The Morgan fingerprint density at radius 1 is 1.00 bits per heavy atom. The van der Waals surface area contributed by atoms with E-state index in [2.05, 4.69) is 25.9 Å². The number of hydrogen-bond donors (Lipinski definition) is 3. The molecule has 1 aromatic heterocycles. The molecular weight excluding hydrogens is 539 g/mol. The van der Waals surface area contributed by atoms with E-state index in [-0.39, 0.29) is 55.9 Å². The van der Waals surface area contributed by atoms with E-state index in [0.29, 0.717) is 30.1 Å². The van der Waals surface area contributed by atoms with E-state index < -0.39 is 11.7 Å². The average molecular weight is 570 g/mol. The molecule has 3 aromatic rings. The Labute approximate surface area is 234 Å². The van der Waals surface area contributed by atoms with Crippen molar-refractivity contribution in [2.75, 3.05) is 61.4 Å². The second-order valence-electron chi connectivity index (χ2n) is 9.78. The number of hydrogen-bond acceptors (Lipinski definition) is 8. The molecule has 13 heteroatoms. The van der Waals surface area contributed by atoms with Crippen molar-refractivity contribution in [3.63, 3.8) is 0 Å². The number of morpholine rings is 1. The first kappa shape index (κ1) is 28.3. The third-order valence-electron chi connectivity index (χ3n) is 6.95. The zero-order chi connectivity index (χ0) is 29.0. The third kappa shape index (κ3) is 6.92. The Morgan fingerprint density at radius 2 is 1.68 bits per heavy atom. The lowest BCUT2D eigenvalue weighted by Crippen LogP contribution is -2.50. The van der Waals surface area contributed by atoms with Gasteiger partial charge in [-0.3, -0.25) is 4.79 Å². The van der Waals surface area contributed by atoms with Gasteiger partial charge >= 0.3 is 12.2 Å². The minimum absolute atomic E-state index is 0.0329. The summed E-state index contributed by atoms with van der Waals surface area (Å²) in [6.45, 7) is 4.30. The lowest BCUT2D eigenvalue weighted by molar-refractivity contribution is -0.137. The van der Waals surface area contributed by atoms with E-state index in [1.807, 2.05) is 12.1 Å². The number of alkyl halides is 3. The normalized spacial score (nSPS) is 17.7. The Balaban J connectivity index is 1.25. The summed E-state index contributed by atoms with van der Waals surface area (Å²) in [5, 5.41) is 9.02. The first-order chi connectivity index (χ1) is 19.7. The lowest BCUT2D eigenvalue weighted by Gasteiger charge is -2.36. The molecule has 2 aliphatic rings. The lowest BCUT2D eigenvalue weighted by atomic mass is 10.1. The van der Waals surface area contributed by atoms with Gasteiger partial charge in [0.1, 0.15) is 11.4 Å². The van der Waals surface area contributed by atoms with Crippen molar-refractivity contribution in [1.82, 2.24) is 20.2 Å². The monoisotopic (exact) mass is 569 g/mol. The molecule has 2 fully saturated rings. The molecule has 10 nitrogen and oxygen atoms in total. The van der Waals surface area contributed by atoms with Gasteiger partial charge in [0.25, 0.3) is 0 Å². The molecule has 3 heterocycles. The summed E-state index contributed by atoms with van der Waals surface area (Å²) in [6, 6.07) is 13.5. The van der Waals surface area contributed by atoms with Crippen molar-refractivity contribution in [3.8, 4) is 0 Å². The number of ether oxygens (including phenoxy) is 1. The van der Waals surface area contributed by atoms with Crippen LogP contribution in [-0.4, -0.2) is 72.6 Å². The van der Waals surface area contributed by atoms with Crippen LogP contribution in [0.5, 0.6) is 0 Å². The molecule has 216 valence electrons. The summed E-state index contributed by atoms with van der Waals surface area (Å²) in [6.07, 6.45) is -3.92. The standard InChI is InChI=1S/C28H30F3N7O3/c1-18(39)19-2-6-22(7-3-19)35-27(40)38-13-11-37(12-14-38)25-23(28(29,30)31)16-33-26(36-25)34-21-8-4-20(5-9-21)24-17-32-10-15-41-24/h2-9,16,24,32H,10-15,17H2,1H3,(H,35,40)(H,33,34,36). The number of carbonyl (C=O) groups excluding carboxylic acids is 2. The fourth-order valence-electron chi connectivity index (χ4n) is 4.68. The molecule has 0 aliphatic carbocycles. The summed E-state index contributed by atoms with van der Waals surface area (Å²) < 4.78 is 47.4. The minimum atomic E-state index is -4.65. The Kier molecular flexibility index (Phi) is 8.36. The second kappa shape index (κ2) is 12.1. The summed E-state index contributed by atoms with van der Waals surface area (Å²) in [4.78, 5) is 35.4. The fourth-order valence-corrected chi connectivity index (χ4v) is 4.68. The van der Waals surface area contributed by atoms with Gasteiger partial charge in [0.15, 0.2) is 5.78 Å². The molecule has 0 radical (unpaired) electrons. The van der Waals surface area contributed by atoms with E-state index in [0.717, 1.165) is 18.3 Å². The van der Waals surface area contributed by atoms with E-state index in [9.17, 15) is 22.8 Å². The molecule has 0 bridgehead atoms. The number of Topliss-reactive ketones (excluding diaryl/α,β-unsaturated/α-hetero) is 1. The number of amides is 2. The summed E-state index contributed by atoms with van der Waals surface area (Å²) in [5.41, 5.74) is 1.72. The van der Waals surface area contributed by atoms with Gasteiger partial charge in [-0.2, -0.15) is 18.2 Å². The highest BCUT2D eigenvalue weighted by Gasteiger charge is 2.38. The van der Waals surface area contributed by atoms with Crippen LogP contribution in [0.3, 0.4) is 0 Å². The van der Waals surface area contributed by atoms with Gasteiger partial charge in [-0.25, -0.2) is 9.78 Å². The quantitative estimate of drug-likeness (QED) is 0.374. The van der Waals surface area contributed by atoms with Crippen LogP contribution in [0.15, 0.2) is 54.7 Å². The van der Waals surface area contributed by atoms with Crippen LogP contribution >= 0.6 is 0 Å². The molecule has 2 saturated heterocycles. The molecule has 1 atom stereocenters. The van der Waals surface area contributed by atoms with Crippen molar-refractivity contribution >= 4 is 35.0 Å². The average Bonchev–Trinajstić information content (AvgIpc) is 2.98. The first-order valence-corrected chi connectivity index (χ1v) is 13.2. The predicted octanol–water partition coefficient (Wildman–Crippen LogP) is 4.46. The van der Waals surface area contributed by atoms with Crippen molar-refractivity contribution in [1.29, 1.82) is 0 Å². The molecule has 2 aromatic carbocycles. The molecule has 41 heavy (non-hydrogen) atoms. The zero-order valence-electron chi connectivity index (χ0n) is 22.4. The number of rotatable bonds is 6. The van der Waals surface area contributed by atoms with Crippen molar-refractivity contribution in [2.24, 2.45) is 0 Å². The second-order valence-corrected chi connectivity index (χ2v) is 9.78. The molecule has 5 rings (SSSR count). The molecule has 1 unspecified atom stereocenters. The number of piperazine rings is 1. The fraction of sp³-hybridized carbons (Fsp3) is 0.357. The number of urea groups is 1. The Morgan fingerprint density at radius 3 is 2.29 bits per heavy atom. The molecular formula is C28H30F3N7O3. The van der Waals surface area contributed by atoms with Gasteiger partial charge in [0.2, 0.25) is 5.95 Å². The minimum Gasteiger partial charge on any atom is -0.371 e. The molecule has 2 aliphatic heterocycles. The predicted molar refractivity (Wildman–Crippen MR) is 148 cm³/mol. The van der Waals surface area contributed by atoms with Crippen molar-refractivity contribution in [3.05, 3.63) is 71.4 Å². The van der Waals surface area contributed by atoms with Crippen molar-refractivity contribution < 1.29 is 27.5 Å². The highest BCUT2D eigenvalue weighted by atomic mass is 19.4. The number of anilines is 4. The number of ketones is 1. The smallest absolute Gasteiger partial charge is 0.371 e. The van der Waals surface area contributed by atoms with Gasteiger partial charge in [0.05, 0.1) is 12.7 Å². The number of nitrogens with zero attached hydrogens (tertiary/aromatic N) is 4. The topological polar surface area (TPSA) is 112 Å². The van der Waals surface area contributed by atoms with E-state index in [1.54, 1.807) is 36.4 Å². The van der Waals surface area contributed by atoms with Gasteiger partial charge in [-0.1, -0.05) is 12.1 Å². The van der Waals surface area contributed by atoms with Crippen molar-refractivity contribution in [2.45, 2.75) is 19.2 Å². The van der Waals surface area contributed by atoms with Gasteiger partial charge in [0, 0.05) is 62.4 Å². The Hall–Kier alpha value is -4.23. The highest BCUT2D eigenvalue weighted by molar-refractivity contribution is 5.95. The number of aromatic nitrogens is 2. The van der Waals surface area contributed by atoms with Gasteiger partial charge in [-0.05, 0) is 48.9 Å². The zero-order valence-corrected chi connectivity index (χ0v) is 22.4. The summed E-state index contributed by atoms with van der Waals surface area (Å²) in [5.74, 6) is -0.292. The maximum absolute atomic E-state index is 13.9. The van der Waals surface area contributed by atoms with Crippen LogP contribution in [0.25, 0.3) is 0 Å². The summed E-state index contributed by atoms with van der Waals surface area (Å²) in [7, 11) is 0. The largest absolute Gasteiger partial charge is 0.421 e. The Bertz CT molecular complexity index is 1370. The number of halogens is 3. The highest BCUT2D eigenvalue weighted by Crippen LogP contribution is 2.36.